The van der Waals surface area contributed by atoms with E-state index in [1.165, 1.54) is 0 Å². The zero-order chi connectivity index (χ0) is 12.8. The number of hydrogen-bond acceptors (Lipinski definition) is 3. The van der Waals surface area contributed by atoms with Crippen LogP contribution in [-0.4, -0.2) is 18.8 Å². The molecule has 0 fully saturated rings. The van der Waals surface area contributed by atoms with E-state index in [-0.39, 0.29) is 0 Å². The standard InChI is InChI=1S/C14H20O3/c1-10(2)7-8-17-13-6-5-12(11(3)15)9-14(13)16-4/h5-6,9,11,15H,1,7-8H2,2-4H3. The fraction of sp³-hybridized carbons (Fsp3) is 0.429. The summed E-state index contributed by atoms with van der Waals surface area (Å²) in [7, 11) is 1.59. The summed E-state index contributed by atoms with van der Waals surface area (Å²) in [6.45, 7) is 8.09. The van der Waals surface area contributed by atoms with Gasteiger partial charge in [-0.3, -0.25) is 0 Å². The molecule has 0 spiro atoms. The summed E-state index contributed by atoms with van der Waals surface area (Å²) in [5, 5.41) is 9.48. The quantitative estimate of drug-likeness (QED) is 0.771. The van der Waals surface area contributed by atoms with Crippen molar-refractivity contribution in [1.29, 1.82) is 0 Å². The highest BCUT2D eigenvalue weighted by Crippen LogP contribution is 2.30. The van der Waals surface area contributed by atoms with Crippen molar-refractivity contribution in [1.82, 2.24) is 0 Å². The summed E-state index contributed by atoms with van der Waals surface area (Å²) in [5.41, 5.74) is 1.90. The van der Waals surface area contributed by atoms with Gasteiger partial charge < -0.3 is 14.6 Å². The fourth-order valence-corrected chi connectivity index (χ4v) is 1.40. The van der Waals surface area contributed by atoms with Crippen LogP contribution in [0.2, 0.25) is 0 Å². The Morgan fingerprint density at radius 2 is 2.12 bits per heavy atom. The lowest BCUT2D eigenvalue weighted by atomic mass is 10.1. The predicted octanol–water partition coefficient (Wildman–Crippen LogP) is 3.09. The highest BCUT2D eigenvalue weighted by molar-refractivity contribution is 5.43. The van der Waals surface area contributed by atoms with Gasteiger partial charge in [0.15, 0.2) is 11.5 Å². The molecule has 94 valence electrons. The SMILES string of the molecule is C=C(C)CCOc1ccc(C(C)O)cc1OC. The van der Waals surface area contributed by atoms with E-state index in [9.17, 15) is 5.11 Å². The van der Waals surface area contributed by atoms with Gasteiger partial charge in [-0.2, -0.15) is 0 Å². The molecule has 3 nitrogen and oxygen atoms in total. The maximum Gasteiger partial charge on any atom is 0.161 e. The highest BCUT2D eigenvalue weighted by atomic mass is 16.5. The molecule has 1 unspecified atom stereocenters. The maximum absolute atomic E-state index is 9.48. The summed E-state index contributed by atoms with van der Waals surface area (Å²) in [4.78, 5) is 0. The van der Waals surface area contributed by atoms with Crippen molar-refractivity contribution in [2.24, 2.45) is 0 Å². The van der Waals surface area contributed by atoms with Crippen LogP contribution in [0.25, 0.3) is 0 Å². The fourth-order valence-electron chi connectivity index (χ4n) is 1.40. The molecule has 1 aromatic carbocycles. The first-order chi connectivity index (χ1) is 8.04. The van der Waals surface area contributed by atoms with Crippen LogP contribution < -0.4 is 9.47 Å². The highest BCUT2D eigenvalue weighted by Gasteiger charge is 2.08. The number of methoxy groups -OCH3 is 1. The molecule has 1 N–H and O–H groups in total. The lowest BCUT2D eigenvalue weighted by Gasteiger charge is -2.13. The molecule has 0 radical (unpaired) electrons. The van der Waals surface area contributed by atoms with Crippen molar-refractivity contribution in [2.75, 3.05) is 13.7 Å². The van der Waals surface area contributed by atoms with Gasteiger partial charge >= 0.3 is 0 Å². The van der Waals surface area contributed by atoms with Crippen molar-refractivity contribution >= 4 is 0 Å². The third kappa shape index (κ3) is 4.11. The minimum Gasteiger partial charge on any atom is -0.493 e. The number of hydrogen-bond donors (Lipinski definition) is 1. The second-order valence-electron chi connectivity index (χ2n) is 4.14. The average Bonchev–Trinajstić information content (AvgIpc) is 2.28. The zero-order valence-corrected chi connectivity index (χ0v) is 10.7. The Morgan fingerprint density at radius 1 is 1.41 bits per heavy atom. The van der Waals surface area contributed by atoms with E-state index in [1.54, 1.807) is 20.1 Å². The van der Waals surface area contributed by atoms with Gasteiger partial charge in [0.25, 0.3) is 0 Å². The van der Waals surface area contributed by atoms with Gasteiger partial charge in [-0.05, 0) is 31.5 Å². The molecular formula is C14H20O3. The lowest BCUT2D eigenvalue weighted by molar-refractivity contribution is 0.198. The van der Waals surface area contributed by atoms with E-state index in [2.05, 4.69) is 6.58 Å². The van der Waals surface area contributed by atoms with E-state index >= 15 is 0 Å². The molecule has 0 bridgehead atoms. The number of ether oxygens (including phenoxy) is 2. The van der Waals surface area contributed by atoms with Crippen molar-refractivity contribution in [3.8, 4) is 11.5 Å². The van der Waals surface area contributed by atoms with Gasteiger partial charge in [-0.1, -0.05) is 11.6 Å². The molecule has 1 aromatic rings. The number of aliphatic hydroxyl groups excluding tert-OH is 1. The molecule has 1 atom stereocenters. The maximum atomic E-state index is 9.48. The first kappa shape index (κ1) is 13.6. The zero-order valence-electron chi connectivity index (χ0n) is 10.7. The molecule has 0 amide bonds. The third-order valence-electron chi connectivity index (χ3n) is 2.46. The van der Waals surface area contributed by atoms with Crippen molar-refractivity contribution in [3.63, 3.8) is 0 Å². The molecule has 0 aliphatic rings. The van der Waals surface area contributed by atoms with Crippen LogP contribution in [0.3, 0.4) is 0 Å². The van der Waals surface area contributed by atoms with Crippen LogP contribution in [0.1, 0.15) is 31.9 Å². The summed E-state index contributed by atoms with van der Waals surface area (Å²) in [6.07, 6.45) is 0.315. The monoisotopic (exact) mass is 236 g/mol. The van der Waals surface area contributed by atoms with Crippen molar-refractivity contribution < 1.29 is 14.6 Å². The van der Waals surface area contributed by atoms with Crippen LogP contribution in [0, 0.1) is 0 Å². The smallest absolute Gasteiger partial charge is 0.161 e. The van der Waals surface area contributed by atoms with E-state index < -0.39 is 6.10 Å². The summed E-state index contributed by atoms with van der Waals surface area (Å²) in [5.74, 6) is 1.34. The Hall–Kier alpha value is -1.48. The molecule has 0 aliphatic heterocycles. The summed E-state index contributed by atoms with van der Waals surface area (Å²) < 4.78 is 10.8. The molecule has 0 aromatic heterocycles. The van der Waals surface area contributed by atoms with Crippen LogP contribution >= 0.6 is 0 Å². The lowest BCUT2D eigenvalue weighted by Crippen LogP contribution is -2.01. The van der Waals surface area contributed by atoms with Crippen LogP contribution in [-0.2, 0) is 0 Å². The molecule has 0 heterocycles. The summed E-state index contributed by atoms with van der Waals surface area (Å²) >= 11 is 0. The average molecular weight is 236 g/mol. The number of aliphatic hydroxyl groups is 1. The summed E-state index contributed by atoms with van der Waals surface area (Å²) in [6, 6.07) is 5.45. The Balaban J connectivity index is 2.74. The van der Waals surface area contributed by atoms with Crippen LogP contribution in [0.5, 0.6) is 11.5 Å². The van der Waals surface area contributed by atoms with E-state index in [0.717, 1.165) is 17.6 Å². The van der Waals surface area contributed by atoms with Gasteiger partial charge in [0.1, 0.15) is 0 Å². The molecule has 3 heteroatoms. The van der Waals surface area contributed by atoms with E-state index in [1.807, 2.05) is 19.1 Å². The molecule has 0 saturated carbocycles. The largest absolute Gasteiger partial charge is 0.493 e. The van der Waals surface area contributed by atoms with Gasteiger partial charge in [-0.25, -0.2) is 0 Å². The second-order valence-corrected chi connectivity index (χ2v) is 4.14. The van der Waals surface area contributed by atoms with Gasteiger partial charge in [0, 0.05) is 6.42 Å². The number of benzene rings is 1. The first-order valence-electron chi connectivity index (χ1n) is 5.67. The van der Waals surface area contributed by atoms with Crippen LogP contribution in [0.15, 0.2) is 30.4 Å². The van der Waals surface area contributed by atoms with Crippen molar-refractivity contribution in [3.05, 3.63) is 35.9 Å². The van der Waals surface area contributed by atoms with Crippen molar-refractivity contribution in [2.45, 2.75) is 26.4 Å². The first-order valence-corrected chi connectivity index (χ1v) is 5.67. The van der Waals surface area contributed by atoms with Gasteiger partial charge in [-0.15, -0.1) is 6.58 Å². The molecule has 17 heavy (non-hydrogen) atoms. The predicted molar refractivity (Wildman–Crippen MR) is 68.6 cm³/mol. The Morgan fingerprint density at radius 3 is 2.65 bits per heavy atom. The third-order valence-corrected chi connectivity index (χ3v) is 2.46. The Kier molecular flexibility index (Phi) is 5.04. The minimum atomic E-state index is -0.506. The van der Waals surface area contributed by atoms with Gasteiger partial charge in [0.05, 0.1) is 19.8 Å². The van der Waals surface area contributed by atoms with E-state index in [0.29, 0.717) is 18.1 Å². The van der Waals surface area contributed by atoms with Crippen LogP contribution in [0.4, 0.5) is 0 Å². The topological polar surface area (TPSA) is 38.7 Å². The second kappa shape index (κ2) is 6.30. The molecule has 0 aliphatic carbocycles. The van der Waals surface area contributed by atoms with Gasteiger partial charge in [0.2, 0.25) is 0 Å². The minimum absolute atomic E-state index is 0.506. The number of rotatable bonds is 6. The normalized spacial score (nSPS) is 12.0. The van der Waals surface area contributed by atoms with E-state index in [4.69, 9.17) is 9.47 Å². The molecular weight excluding hydrogens is 216 g/mol. The Labute approximate surface area is 103 Å². The molecule has 1 rings (SSSR count). The molecule has 0 saturated heterocycles. The Bertz CT molecular complexity index is 383.